The molecule has 0 aliphatic heterocycles. The lowest BCUT2D eigenvalue weighted by Crippen LogP contribution is -1.96. The second-order valence-electron chi connectivity index (χ2n) is 7.45. The number of para-hydroxylation sites is 2. The molecule has 154 valence electrons. The fraction of sp³-hybridized carbons (Fsp3) is 0.0400. The van der Waals surface area contributed by atoms with E-state index in [9.17, 15) is 0 Å². The molecule has 0 amide bonds. The number of hydrogen-bond acceptors (Lipinski definition) is 5. The number of aromatic nitrogens is 6. The summed E-state index contributed by atoms with van der Waals surface area (Å²) in [5, 5.41) is 7.50. The molecule has 0 aliphatic rings. The Morgan fingerprint density at radius 2 is 1.69 bits per heavy atom. The van der Waals surface area contributed by atoms with Crippen LogP contribution in [0.1, 0.15) is 5.56 Å². The molecule has 4 aromatic heterocycles. The number of hydrogen-bond donors (Lipinski definition) is 2. The van der Waals surface area contributed by atoms with E-state index in [2.05, 4.69) is 25.1 Å². The van der Waals surface area contributed by atoms with E-state index in [0.29, 0.717) is 23.9 Å². The zero-order valence-corrected chi connectivity index (χ0v) is 17.0. The molecular weight excluding hydrogens is 400 g/mol. The second-order valence-corrected chi connectivity index (χ2v) is 7.45. The number of benzene rings is 2. The lowest BCUT2D eigenvalue weighted by atomic mass is 10.1. The van der Waals surface area contributed by atoms with Gasteiger partial charge >= 0.3 is 0 Å². The number of nitrogens with one attached hydrogen (secondary N) is 2. The molecule has 2 aromatic carbocycles. The predicted octanol–water partition coefficient (Wildman–Crippen LogP) is 5.14. The molecule has 0 aliphatic carbocycles. The van der Waals surface area contributed by atoms with Gasteiger partial charge in [-0.3, -0.25) is 10.1 Å². The average molecular weight is 418 g/mol. The predicted molar refractivity (Wildman–Crippen MR) is 123 cm³/mol. The average Bonchev–Trinajstić information content (AvgIpc) is 3.47. The number of fused-ring (bicyclic) bond motifs is 2. The Balaban J connectivity index is 1.34. The second kappa shape index (κ2) is 7.63. The van der Waals surface area contributed by atoms with Gasteiger partial charge in [0.05, 0.1) is 28.4 Å². The molecule has 2 N–H and O–H groups in total. The summed E-state index contributed by atoms with van der Waals surface area (Å²) in [6.45, 7) is 0.483. The van der Waals surface area contributed by atoms with E-state index < -0.39 is 0 Å². The van der Waals surface area contributed by atoms with Crippen molar-refractivity contribution in [3.05, 3.63) is 90.8 Å². The lowest BCUT2D eigenvalue weighted by Gasteiger charge is -2.08. The van der Waals surface area contributed by atoms with Crippen molar-refractivity contribution < 1.29 is 4.74 Å². The van der Waals surface area contributed by atoms with Crippen molar-refractivity contribution in [2.45, 2.75) is 6.61 Å². The number of aromatic amines is 2. The minimum atomic E-state index is 0.483. The van der Waals surface area contributed by atoms with Crippen LogP contribution in [0.2, 0.25) is 0 Å². The molecule has 0 fully saturated rings. The Kier molecular flexibility index (Phi) is 4.35. The van der Waals surface area contributed by atoms with Gasteiger partial charge in [0.1, 0.15) is 17.9 Å². The maximum atomic E-state index is 5.93. The molecule has 0 saturated carbocycles. The van der Waals surface area contributed by atoms with Crippen molar-refractivity contribution in [2.75, 3.05) is 0 Å². The molecule has 7 heteroatoms. The van der Waals surface area contributed by atoms with Crippen LogP contribution >= 0.6 is 0 Å². The molecule has 6 aromatic rings. The van der Waals surface area contributed by atoms with Crippen LogP contribution in [0.15, 0.2) is 85.2 Å². The fourth-order valence-corrected chi connectivity index (χ4v) is 3.67. The van der Waals surface area contributed by atoms with Gasteiger partial charge in [-0.1, -0.05) is 42.5 Å². The fourth-order valence-electron chi connectivity index (χ4n) is 3.67. The molecule has 0 saturated heterocycles. The maximum absolute atomic E-state index is 5.93. The van der Waals surface area contributed by atoms with Crippen LogP contribution in [-0.2, 0) is 6.61 Å². The highest BCUT2D eigenvalue weighted by Crippen LogP contribution is 2.28. The third-order valence-electron chi connectivity index (χ3n) is 5.28. The number of rotatable bonds is 5. The first-order chi connectivity index (χ1) is 15.8. The van der Waals surface area contributed by atoms with Gasteiger partial charge < -0.3 is 9.72 Å². The zero-order chi connectivity index (χ0) is 21.3. The summed E-state index contributed by atoms with van der Waals surface area (Å²) in [7, 11) is 0. The maximum Gasteiger partial charge on any atom is 0.161 e. The van der Waals surface area contributed by atoms with E-state index in [-0.39, 0.29) is 0 Å². The summed E-state index contributed by atoms with van der Waals surface area (Å²) in [4.78, 5) is 17.2. The van der Waals surface area contributed by atoms with E-state index in [1.807, 2.05) is 72.8 Å². The highest BCUT2D eigenvalue weighted by Gasteiger charge is 2.15. The van der Waals surface area contributed by atoms with E-state index in [1.165, 1.54) is 0 Å². The number of H-pyrrole nitrogens is 2. The lowest BCUT2D eigenvalue weighted by molar-refractivity contribution is 0.305. The first-order valence-electron chi connectivity index (χ1n) is 10.3. The molecular formula is C25H18N6O. The van der Waals surface area contributed by atoms with Crippen LogP contribution < -0.4 is 4.74 Å². The number of nitrogens with zero attached hydrogens (tertiary/aromatic N) is 4. The van der Waals surface area contributed by atoms with Crippen molar-refractivity contribution in [3.63, 3.8) is 0 Å². The summed E-state index contributed by atoms with van der Waals surface area (Å²) in [5.74, 6) is 1.37. The number of pyridine rings is 2. The van der Waals surface area contributed by atoms with E-state index in [1.54, 1.807) is 12.4 Å². The summed E-state index contributed by atoms with van der Waals surface area (Å²) < 4.78 is 5.93. The molecule has 0 spiro atoms. The van der Waals surface area contributed by atoms with Crippen molar-refractivity contribution in [2.24, 2.45) is 0 Å². The van der Waals surface area contributed by atoms with Crippen LogP contribution in [0.5, 0.6) is 5.75 Å². The van der Waals surface area contributed by atoms with Crippen LogP contribution in [0.25, 0.3) is 44.8 Å². The van der Waals surface area contributed by atoms with E-state index in [4.69, 9.17) is 9.72 Å². The first kappa shape index (κ1) is 18.3. The van der Waals surface area contributed by atoms with Crippen LogP contribution in [0.3, 0.4) is 0 Å². The van der Waals surface area contributed by atoms with Gasteiger partial charge in [-0.05, 0) is 35.9 Å². The molecule has 0 bridgehead atoms. The van der Waals surface area contributed by atoms with Gasteiger partial charge in [0, 0.05) is 11.8 Å². The summed E-state index contributed by atoms with van der Waals surface area (Å²) in [6.07, 6.45) is 3.49. The van der Waals surface area contributed by atoms with Gasteiger partial charge in [-0.25, -0.2) is 9.97 Å². The Hall–Kier alpha value is -4.52. The molecule has 0 radical (unpaired) electrons. The number of imidazole rings is 1. The number of ether oxygens (including phenoxy) is 1. The normalized spacial score (nSPS) is 11.2. The van der Waals surface area contributed by atoms with Crippen molar-refractivity contribution in [1.82, 2.24) is 30.1 Å². The van der Waals surface area contributed by atoms with Crippen LogP contribution in [0, 0.1) is 0 Å². The molecule has 32 heavy (non-hydrogen) atoms. The van der Waals surface area contributed by atoms with Crippen molar-refractivity contribution in [3.8, 4) is 28.5 Å². The van der Waals surface area contributed by atoms with Gasteiger partial charge in [-0.2, -0.15) is 5.10 Å². The van der Waals surface area contributed by atoms with E-state index in [0.717, 1.165) is 38.9 Å². The van der Waals surface area contributed by atoms with Crippen LogP contribution in [0.4, 0.5) is 0 Å². The standard InChI is InChI=1S/C25H18N6O/c1-2-6-16(7-3-1)15-32-18-12-17(13-26-14-18)19-10-11-22-23(27-19)24(31-30-22)25-28-20-8-4-5-9-21(20)29-25/h1-14H,15H2,(H,28,29)(H,30,31). The van der Waals surface area contributed by atoms with Gasteiger partial charge in [0.2, 0.25) is 0 Å². The van der Waals surface area contributed by atoms with Crippen molar-refractivity contribution >= 4 is 22.1 Å². The Bertz CT molecular complexity index is 1500. The zero-order valence-electron chi connectivity index (χ0n) is 17.0. The highest BCUT2D eigenvalue weighted by molar-refractivity contribution is 5.91. The summed E-state index contributed by atoms with van der Waals surface area (Å²) >= 11 is 0. The third kappa shape index (κ3) is 3.35. The molecule has 4 heterocycles. The largest absolute Gasteiger partial charge is 0.487 e. The van der Waals surface area contributed by atoms with Crippen molar-refractivity contribution in [1.29, 1.82) is 0 Å². The van der Waals surface area contributed by atoms with Gasteiger partial charge in [0.25, 0.3) is 0 Å². The SMILES string of the molecule is c1ccc(COc2cncc(-c3ccc4[nH]nc(-c5nc6ccccc6[nH]5)c4n3)c2)cc1. The van der Waals surface area contributed by atoms with Gasteiger partial charge in [0.15, 0.2) is 11.5 Å². The highest BCUT2D eigenvalue weighted by atomic mass is 16.5. The quantitative estimate of drug-likeness (QED) is 0.404. The van der Waals surface area contributed by atoms with Gasteiger partial charge in [-0.15, -0.1) is 0 Å². The summed E-state index contributed by atoms with van der Waals surface area (Å²) in [5.41, 5.74) is 6.88. The monoisotopic (exact) mass is 418 g/mol. The third-order valence-corrected chi connectivity index (χ3v) is 5.28. The molecule has 0 atom stereocenters. The molecule has 0 unspecified atom stereocenters. The Morgan fingerprint density at radius 3 is 2.59 bits per heavy atom. The summed E-state index contributed by atoms with van der Waals surface area (Å²) in [6, 6.07) is 23.8. The van der Waals surface area contributed by atoms with E-state index >= 15 is 0 Å². The minimum absolute atomic E-state index is 0.483. The Morgan fingerprint density at radius 1 is 0.812 bits per heavy atom. The smallest absolute Gasteiger partial charge is 0.161 e. The Labute approximate surface area is 183 Å². The molecule has 6 rings (SSSR count). The van der Waals surface area contributed by atoms with Crippen LogP contribution in [-0.4, -0.2) is 30.1 Å². The first-order valence-corrected chi connectivity index (χ1v) is 10.3. The topological polar surface area (TPSA) is 92.4 Å². The molecule has 7 nitrogen and oxygen atoms in total. The minimum Gasteiger partial charge on any atom is -0.487 e.